The molecule has 0 aliphatic heterocycles. The summed E-state index contributed by atoms with van der Waals surface area (Å²) in [7, 11) is 0. The molecule has 0 spiro atoms. The molecule has 2 N–H and O–H groups in total. The van der Waals surface area contributed by atoms with Gasteiger partial charge >= 0.3 is 0 Å². The first kappa shape index (κ1) is 15.6. The fourth-order valence-corrected chi connectivity index (χ4v) is 3.09. The number of thioether (sulfide) groups is 2. The summed E-state index contributed by atoms with van der Waals surface area (Å²) in [6.07, 6.45) is 1.70. The summed E-state index contributed by atoms with van der Waals surface area (Å²) in [6.45, 7) is 3.65. The van der Waals surface area contributed by atoms with E-state index in [4.69, 9.17) is 10.4 Å². The van der Waals surface area contributed by atoms with Gasteiger partial charge < -0.3 is 10.4 Å². The minimum Gasteiger partial charge on any atom is -0.411 e. The highest BCUT2D eigenvalue weighted by atomic mass is 32.2. The van der Waals surface area contributed by atoms with Crippen LogP contribution in [-0.2, 0) is 0 Å². The lowest BCUT2D eigenvalue weighted by molar-refractivity contribution is 0.317. The Kier molecular flexibility index (Phi) is 10.9. The quantitative estimate of drug-likeness (QED) is 0.291. The van der Waals surface area contributed by atoms with E-state index in [0.29, 0.717) is 0 Å². The Hall–Kier alpha value is -0.360. The number of hydrogen-bond acceptors (Lipinski definition) is 6. The van der Waals surface area contributed by atoms with Gasteiger partial charge in [0.1, 0.15) is 0 Å². The summed E-state index contributed by atoms with van der Waals surface area (Å²) < 4.78 is 0. The van der Waals surface area contributed by atoms with Crippen molar-refractivity contribution < 1.29 is 10.4 Å². The lowest BCUT2D eigenvalue weighted by Gasteiger charge is -2.01. The Morgan fingerprint density at radius 2 is 1.19 bits per heavy atom. The van der Waals surface area contributed by atoms with E-state index in [2.05, 4.69) is 10.3 Å². The molecule has 0 aliphatic carbocycles. The third-order valence-corrected chi connectivity index (χ3v) is 4.16. The Bertz CT molecular complexity index is 209. The Balaban J connectivity index is 3.16. The van der Waals surface area contributed by atoms with Gasteiger partial charge in [-0.25, -0.2) is 0 Å². The first-order valence-corrected chi connectivity index (χ1v) is 7.52. The van der Waals surface area contributed by atoms with Crippen molar-refractivity contribution in [2.24, 2.45) is 10.3 Å². The minimum atomic E-state index is 0.787. The predicted octanol–water partition coefficient (Wildman–Crippen LogP) is 2.93. The van der Waals surface area contributed by atoms with Gasteiger partial charge in [-0.2, -0.15) is 23.5 Å². The van der Waals surface area contributed by atoms with Gasteiger partial charge in [0.15, 0.2) is 0 Å². The maximum Gasteiger partial charge on any atom is 0.0548 e. The van der Waals surface area contributed by atoms with Crippen molar-refractivity contribution in [3.05, 3.63) is 0 Å². The molecular weight excluding hydrogens is 244 g/mol. The molecule has 16 heavy (non-hydrogen) atoms. The van der Waals surface area contributed by atoms with Crippen LogP contribution in [-0.4, -0.2) is 44.8 Å². The number of oxime groups is 2. The second-order valence-corrected chi connectivity index (χ2v) is 5.84. The molecule has 0 atom stereocenters. The van der Waals surface area contributed by atoms with Gasteiger partial charge in [0, 0.05) is 11.5 Å². The van der Waals surface area contributed by atoms with Gasteiger partial charge in [0.2, 0.25) is 0 Å². The smallest absolute Gasteiger partial charge is 0.0548 e. The van der Waals surface area contributed by atoms with E-state index in [9.17, 15) is 0 Å². The first-order chi connectivity index (χ1) is 7.70. The van der Waals surface area contributed by atoms with Gasteiger partial charge in [-0.15, -0.1) is 0 Å². The molecule has 0 heterocycles. The molecule has 0 saturated heterocycles. The molecule has 94 valence electrons. The van der Waals surface area contributed by atoms with Gasteiger partial charge in [0.05, 0.1) is 11.4 Å². The molecule has 0 aromatic carbocycles. The summed E-state index contributed by atoms with van der Waals surface area (Å²) in [5, 5.41) is 23.1. The first-order valence-electron chi connectivity index (χ1n) is 5.21. The van der Waals surface area contributed by atoms with Crippen LogP contribution < -0.4 is 0 Å². The van der Waals surface area contributed by atoms with E-state index >= 15 is 0 Å². The zero-order valence-corrected chi connectivity index (χ0v) is 11.5. The standard InChI is InChI=1S/C10H20N2O2S2/c1-9(11-13)3-5-15-7-8-16-6-4-10(2)12-14/h13-14H,3-8H2,1-2H3/b11-9+,12-10+. The molecule has 0 aromatic rings. The van der Waals surface area contributed by atoms with Crippen molar-refractivity contribution in [1.29, 1.82) is 0 Å². The normalized spacial score (nSPS) is 13.1. The average molecular weight is 264 g/mol. The maximum atomic E-state index is 8.43. The zero-order valence-electron chi connectivity index (χ0n) is 9.85. The molecule has 0 aliphatic rings. The van der Waals surface area contributed by atoms with Gasteiger partial charge in [-0.05, 0) is 38.2 Å². The molecule has 0 aromatic heterocycles. The van der Waals surface area contributed by atoms with E-state index in [1.807, 2.05) is 37.4 Å². The van der Waals surface area contributed by atoms with E-state index in [1.54, 1.807) is 0 Å². The van der Waals surface area contributed by atoms with E-state index < -0.39 is 0 Å². The SMILES string of the molecule is C/C(CCSCCSCC/C(C)=N/O)=N\O. The lowest BCUT2D eigenvalue weighted by Crippen LogP contribution is -1.97. The van der Waals surface area contributed by atoms with Crippen LogP contribution in [0, 0.1) is 0 Å². The van der Waals surface area contributed by atoms with Crippen molar-refractivity contribution in [3.8, 4) is 0 Å². The maximum absolute atomic E-state index is 8.43. The van der Waals surface area contributed by atoms with Crippen LogP contribution in [0.4, 0.5) is 0 Å². The van der Waals surface area contributed by atoms with Crippen LogP contribution in [0.15, 0.2) is 10.3 Å². The van der Waals surface area contributed by atoms with Gasteiger partial charge in [-0.3, -0.25) is 0 Å². The van der Waals surface area contributed by atoms with Gasteiger partial charge in [-0.1, -0.05) is 10.3 Å². The van der Waals surface area contributed by atoms with Crippen molar-refractivity contribution in [1.82, 2.24) is 0 Å². The minimum absolute atomic E-state index is 0.787. The topological polar surface area (TPSA) is 65.2 Å². The molecule has 4 nitrogen and oxygen atoms in total. The third-order valence-electron chi connectivity index (χ3n) is 1.93. The van der Waals surface area contributed by atoms with Crippen LogP contribution >= 0.6 is 23.5 Å². The molecule has 0 bridgehead atoms. The zero-order chi connectivity index (χ0) is 12.2. The number of hydrogen-bond donors (Lipinski definition) is 2. The average Bonchev–Trinajstić information content (AvgIpc) is 2.31. The molecule has 0 saturated carbocycles. The summed E-state index contributed by atoms with van der Waals surface area (Å²) in [5.74, 6) is 4.23. The lowest BCUT2D eigenvalue weighted by atomic mass is 10.3. The van der Waals surface area contributed by atoms with Crippen molar-refractivity contribution >= 4 is 34.9 Å². The molecule has 0 unspecified atom stereocenters. The van der Waals surface area contributed by atoms with Crippen LogP contribution in [0.5, 0.6) is 0 Å². The predicted molar refractivity (Wildman–Crippen MR) is 73.7 cm³/mol. The fourth-order valence-electron chi connectivity index (χ4n) is 0.862. The third kappa shape index (κ3) is 10.2. The Morgan fingerprint density at radius 3 is 1.50 bits per heavy atom. The fraction of sp³-hybridized carbons (Fsp3) is 0.800. The largest absolute Gasteiger partial charge is 0.411 e. The van der Waals surface area contributed by atoms with Crippen LogP contribution in [0.3, 0.4) is 0 Å². The molecule has 0 radical (unpaired) electrons. The van der Waals surface area contributed by atoms with E-state index in [-0.39, 0.29) is 0 Å². The van der Waals surface area contributed by atoms with Gasteiger partial charge in [0.25, 0.3) is 0 Å². The van der Waals surface area contributed by atoms with Crippen LogP contribution in [0.25, 0.3) is 0 Å². The number of rotatable bonds is 9. The van der Waals surface area contributed by atoms with E-state index in [0.717, 1.165) is 47.3 Å². The summed E-state index contributed by atoms with van der Waals surface area (Å²) in [5.41, 5.74) is 1.57. The highest BCUT2D eigenvalue weighted by Gasteiger charge is 1.95. The van der Waals surface area contributed by atoms with E-state index in [1.165, 1.54) is 0 Å². The van der Waals surface area contributed by atoms with Crippen LogP contribution in [0.1, 0.15) is 26.7 Å². The number of nitrogens with zero attached hydrogens (tertiary/aromatic N) is 2. The highest BCUT2D eigenvalue weighted by Crippen LogP contribution is 2.09. The second-order valence-electron chi connectivity index (χ2n) is 3.40. The summed E-state index contributed by atoms with van der Waals surface area (Å²) in [4.78, 5) is 0. The molecule has 0 fully saturated rings. The van der Waals surface area contributed by atoms with Crippen molar-refractivity contribution in [2.75, 3.05) is 23.0 Å². The molecular formula is C10H20N2O2S2. The summed E-state index contributed by atoms with van der Waals surface area (Å²) >= 11 is 3.74. The Morgan fingerprint density at radius 1 is 0.812 bits per heavy atom. The molecule has 0 rings (SSSR count). The molecule has 6 heteroatoms. The second kappa shape index (κ2) is 11.1. The van der Waals surface area contributed by atoms with Crippen molar-refractivity contribution in [3.63, 3.8) is 0 Å². The highest BCUT2D eigenvalue weighted by molar-refractivity contribution is 8.02. The van der Waals surface area contributed by atoms with Crippen molar-refractivity contribution in [2.45, 2.75) is 26.7 Å². The monoisotopic (exact) mass is 264 g/mol. The summed E-state index contributed by atoms with van der Waals surface area (Å²) in [6, 6.07) is 0. The van der Waals surface area contributed by atoms with Crippen LogP contribution in [0.2, 0.25) is 0 Å². The molecule has 0 amide bonds. The Labute approximate surface area is 106 Å².